The van der Waals surface area contributed by atoms with E-state index in [9.17, 15) is 4.79 Å². The highest BCUT2D eigenvalue weighted by atomic mass is 16.4. The van der Waals surface area contributed by atoms with Gasteiger partial charge >= 0.3 is 0 Å². The molecule has 0 saturated heterocycles. The molecule has 2 nitrogen and oxygen atoms in total. The SMILES string of the molecule is C[B]OCC=O. The molecule has 6 heavy (non-hydrogen) atoms. The molecule has 0 aromatic heterocycles. The fourth-order valence-electron chi connectivity index (χ4n) is 0.136. The van der Waals surface area contributed by atoms with Gasteiger partial charge < -0.3 is 9.45 Å². The van der Waals surface area contributed by atoms with Crippen LogP contribution in [0.1, 0.15) is 0 Å². The first kappa shape index (κ1) is 5.69. The van der Waals surface area contributed by atoms with E-state index < -0.39 is 0 Å². The van der Waals surface area contributed by atoms with Crippen molar-refractivity contribution in [2.24, 2.45) is 0 Å². The van der Waals surface area contributed by atoms with Gasteiger partial charge in [0.2, 0.25) is 0 Å². The van der Waals surface area contributed by atoms with E-state index >= 15 is 0 Å². The van der Waals surface area contributed by atoms with Gasteiger partial charge in [-0.3, -0.25) is 0 Å². The fraction of sp³-hybridized carbons (Fsp3) is 0.667. The predicted octanol–water partition coefficient (Wildman–Crippen LogP) is -0.131. The minimum Gasteiger partial charge on any atom is -0.434 e. The van der Waals surface area contributed by atoms with Crippen LogP contribution in [0.3, 0.4) is 0 Å². The molecule has 0 saturated carbocycles. The molecule has 0 aromatic rings. The Morgan fingerprint density at radius 2 is 2.67 bits per heavy atom. The maximum atomic E-state index is 9.42. The average Bonchev–Trinajstić information content (AvgIpc) is 1.61. The highest BCUT2D eigenvalue weighted by Gasteiger charge is 1.75. The zero-order chi connectivity index (χ0) is 4.83. The molecule has 0 unspecified atom stereocenters. The molecule has 1 radical (unpaired) electrons. The van der Waals surface area contributed by atoms with Crippen molar-refractivity contribution in [1.82, 2.24) is 0 Å². The molecule has 0 aliphatic rings. The molecule has 0 fully saturated rings. The van der Waals surface area contributed by atoms with Gasteiger partial charge in [0.25, 0.3) is 7.48 Å². The van der Waals surface area contributed by atoms with Crippen LogP contribution in [0.4, 0.5) is 0 Å². The van der Waals surface area contributed by atoms with E-state index in [2.05, 4.69) is 4.65 Å². The van der Waals surface area contributed by atoms with Crippen molar-refractivity contribution in [2.45, 2.75) is 6.82 Å². The average molecular weight is 84.9 g/mol. The molecule has 0 N–H and O–H groups in total. The molecule has 0 rings (SSSR count). The van der Waals surface area contributed by atoms with Crippen LogP contribution in [0.5, 0.6) is 0 Å². The van der Waals surface area contributed by atoms with Crippen LogP contribution in [0.25, 0.3) is 0 Å². The third-order valence-corrected chi connectivity index (χ3v) is 0.331. The zero-order valence-electron chi connectivity index (χ0n) is 3.68. The molecule has 0 atom stereocenters. The Morgan fingerprint density at radius 3 is 2.83 bits per heavy atom. The standard InChI is InChI=1S/C3H6BO2/c1-4-6-3-2-5/h2H,3H2,1H3. The first-order valence-electron chi connectivity index (χ1n) is 1.75. The molecular formula is C3H6BO2. The van der Waals surface area contributed by atoms with Crippen LogP contribution < -0.4 is 0 Å². The third-order valence-electron chi connectivity index (χ3n) is 0.331. The number of hydrogen-bond donors (Lipinski definition) is 0. The first-order chi connectivity index (χ1) is 2.91. The van der Waals surface area contributed by atoms with Gasteiger partial charge in [-0.1, -0.05) is 6.82 Å². The molecule has 0 spiro atoms. The summed E-state index contributed by atoms with van der Waals surface area (Å²) in [5.41, 5.74) is 0. The normalized spacial score (nSPS) is 7.50. The third kappa shape index (κ3) is 3.69. The highest BCUT2D eigenvalue weighted by Crippen LogP contribution is 1.59. The van der Waals surface area contributed by atoms with E-state index in [4.69, 9.17) is 0 Å². The van der Waals surface area contributed by atoms with Gasteiger partial charge in [0.1, 0.15) is 6.29 Å². The Bertz CT molecular complexity index is 37.8. The molecular weight excluding hydrogens is 78.8 g/mol. The highest BCUT2D eigenvalue weighted by molar-refractivity contribution is 6.25. The van der Waals surface area contributed by atoms with Crippen molar-refractivity contribution in [3.05, 3.63) is 0 Å². The second-order valence-electron chi connectivity index (χ2n) is 0.736. The number of carbonyl (C=O) groups is 1. The van der Waals surface area contributed by atoms with Gasteiger partial charge in [-0.15, -0.1) is 0 Å². The summed E-state index contributed by atoms with van der Waals surface area (Å²) in [4.78, 5) is 9.42. The minimum absolute atomic E-state index is 0.177. The molecule has 0 aliphatic carbocycles. The van der Waals surface area contributed by atoms with Crippen LogP contribution in [0, 0.1) is 0 Å². The summed E-state index contributed by atoms with van der Waals surface area (Å²) >= 11 is 0. The van der Waals surface area contributed by atoms with Crippen molar-refractivity contribution in [1.29, 1.82) is 0 Å². The van der Waals surface area contributed by atoms with Gasteiger partial charge in [0.05, 0.1) is 6.61 Å². The first-order valence-corrected chi connectivity index (χ1v) is 1.75. The van der Waals surface area contributed by atoms with Gasteiger partial charge in [-0.05, 0) is 0 Å². The summed E-state index contributed by atoms with van der Waals surface area (Å²) in [6.07, 6.45) is 0.708. The van der Waals surface area contributed by atoms with Crippen LogP contribution in [0.15, 0.2) is 0 Å². The van der Waals surface area contributed by atoms with Gasteiger partial charge in [0.15, 0.2) is 0 Å². The van der Waals surface area contributed by atoms with E-state index in [1.165, 1.54) is 7.48 Å². The topological polar surface area (TPSA) is 26.3 Å². The molecule has 0 heterocycles. The van der Waals surface area contributed by atoms with Gasteiger partial charge in [0, 0.05) is 0 Å². The smallest absolute Gasteiger partial charge is 0.289 e. The summed E-state index contributed by atoms with van der Waals surface area (Å²) in [5, 5.41) is 0. The lowest BCUT2D eigenvalue weighted by Gasteiger charge is -1.83. The fourth-order valence-corrected chi connectivity index (χ4v) is 0.136. The van der Waals surface area contributed by atoms with Crippen molar-refractivity contribution in [3.63, 3.8) is 0 Å². The Balaban J connectivity index is 2.49. The van der Waals surface area contributed by atoms with E-state index in [0.29, 0.717) is 6.29 Å². The lowest BCUT2D eigenvalue weighted by atomic mass is 10.1. The molecule has 0 aliphatic heterocycles. The van der Waals surface area contributed by atoms with Crippen LogP contribution in [-0.2, 0) is 9.45 Å². The second-order valence-corrected chi connectivity index (χ2v) is 0.736. The van der Waals surface area contributed by atoms with Gasteiger partial charge in [-0.2, -0.15) is 0 Å². The summed E-state index contributed by atoms with van der Waals surface area (Å²) in [5.74, 6) is 0. The summed E-state index contributed by atoms with van der Waals surface area (Å²) in [6.45, 7) is 1.90. The Kier molecular flexibility index (Phi) is 4.46. The molecule has 0 aromatic carbocycles. The second kappa shape index (κ2) is 4.69. The zero-order valence-corrected chi connectivity index (χ0v) is 3.68. The van der Waals surface area contributed by atoms with Crippen LogP contribution in [-0.4, -0.2) is 20.4 Å². The summed E-state index contributed by atoms with van der Waals surface area (Å²) in [7, 11) is 1.48. The summed E-state index contributed by atoms with van der Waals surface area (Å²) in [6, 6.07) is 0. The van der Waals surface area contributed by atoms with Crippen molar-refractivity contribution in [2.75, 3.05) is 6.61 Å². The van der Waals surface area contributed by atoms with Crippen molar-refractivity contribution in [3.8, 4) is 0 Å². The Hall–Kier alpha value is -0.305. The Morgan fingerprint density at radius 1 is 2.00 bits per heavy atom. The van der Waals surface area contributed by atoms with E-state index in [1.54, 1.807) is 6.82 Å². The maximum Gasteiger partial charge on any atom is 0.289 e. The number of hydrogen-bond acceptors (Lipinski definition) is 2. The van der Waals surface area contributed by atoms with Crippen molar-refractivity contribution < 1.29 is 9.45 Å². The molecule has 33 valence electrons. The van der Waals surface area contributed by atoms with Gasteiger partial charge in [-0.25, -0.2) is 0 Å². The number of carbonyl (C=O) groups excluding carboxylic acids is 1. The summed E-state index contributed by atoms with van der Waals surface area (Å²) < 4.78 is 4.49. The largest absolute Gasteiger partial charge is 0.434 e. The Labute approximate surface area is 37.8 Å². The number of aldehydes is 1. The molecule has 0 bridgehead atoms. The lowest BCUT2D eigenvalue weighted by molar-refractivity contribution is -0.109. The molecule has 3 heteroatoms. The quantitative estimate of drug-likeness (QED) is 0.271. The van der Waals surface area contributed by atoms with Crippen LogP contribution >= 0.6 is 0 Å². The lowest BCUT2D eigenvalue weighted by Crippen LogP contribution is -1.95. The maximum absolute atomic E-state index is 9.42. The molecule has 0 amide bonds. The van der Waals surface area contributed by atoms with Crippen molar-refractivity contribution >= 4 is 13.8 Å². The van der Waals surface area contributed by atoms with E-state index in [1.807, 2.05) is 0 Å². The monoisotopic (exact) mass is 85.0 g/mol. The minimum atomic E-state index is 0.177. The van der Waals surface area contributed by atoms with E-state index in [0.717, 1.165) is 0 Å². The van der Waals surface area contributed by atoms with Crippen LogP contribution in [0.2, 0.25) is 6.82 Å². The van der Waals surface area contributed by atoms with E-state index in [-0.39, 0.29) is 6.61 Å². The number of rotatable bonds is 3. The predicted molar refractivity (Wildman–Crippen MR) is 23.6 cm³/mol.